The van der Waals surface area contributed by atoms with Crippen LogP contribution in [0.4, 0.5) is 0 Å². The Bertz CT molecular complexity index is 991. The van der Waals surface area contributed by atoms with Gasteiger partial charge in [-0.25, -0.2) is 13.6 Å². The second kappa shape index (κ2) is 8.94. The summed E-state index contributed by atoms with van der Waals surface area (Å²) in [4.78, 5) is 15.0. The molecule has 0 saturated carbocycles. The Balaban J connectivity index is 1.71. The van der Waals surface area contributed by atoms with Gasteiger partial charge in [-0.15, -0.1) is 0 Å². The Labute approximate surface area is 171 Å². The first-order chi connectivity index (χ1) is 13.8. The van der Waals surface area contributed by atoms with Gasteiger partial charge in [0, 0.05) is 25.7 Å². The number of carbonyl (C=O) groups excluding carboxylic acids is 1. The molecule has 1 aliphatic rings. The molecule has 0 bridgehead atoms. The summed E-state index contributed by atoms with van der Waals surface area (Å²) < 4.78 is 28.5. The number of benzene rings is 2. The van der Waals surface area contributed by atoms with Crippen LogP contribution in [0.1, 0.15) is 34.8 Å². The van der Waals surface area contributed by atoms with Crippen LogP contribution in [0.5, 0.6) is 5.75 Å². The minimum Gasteiger partial charge on any atom is -0.496 e. The maximum atomic E-state index is 12.8. The number of ether oxygens (including phenoxy) is 1. The van der Waals surface area contributed by atoms with Crippen molar-refractivity contribution in [1.29, 1.82) is 0 Å². The molecule has 1 amide bonds. The van der Waals surface area contributed by atoms with Crippen molar-refractivity contribution < 1.29 is 17.9 Å². The first-order valence-corrected chi connectivity index (χ1v) is 11.2. The van der Waals surface area contributed by atoms with Crippen LogP contribution in [0.3, 0.4) is 0 Å². The van der Waals surface area contributed by atoms with Gasteiger partial charge in [-0.3, -0.25) is 9.69 Å². The fourth-order valence-electron chi connectivity index (χ4n) is 3.71. The number of nitrogens with two attached hydrogens (primary N) is 1. The molecule has 156 valence electrons. The van der Waals surface area contributed by atoms with E-state index in [1.54, 1.807) is 0 Å². The van der Waals surface area contributed by atoms with Crippen LogP contribution in [0.15, 0.2) is 47.4 Å². The van der Waals surface area contributed by atoms with Gasteiger partial charge < -0.3 is 10.1 Å². The second-order valence-electron chi connectivity index (χ2n) is 7.17. The number of amides is 1. The van der Waals surface area contributed by atoms with Crippen molar-refractivity contribution in [1.82, 2.24) is 10.2 Å². The third-order valence-corrected chi connectivity index (χ3v) is 6.30. The number of nitrogens with zero attached hydrogens (tertiary/aromatic N) is 1. The Morgan fingerprint density at radius 2 is 1.97 bits per heavy atom. The lowest BCUT2D eigenvalue weighted by Gasteiger charge is -2.35. The van der Waals surface area contributed by atoms with Crippen molar-refractivity contribution in [3.8, 4) is 5.75 Å². The highest BCUT2D eigenvalue weighted by Crippen LogP contribution is 2.23. The summed E-state index contributed by atoms with van der Waals surface area (Å²) in [6.45, 7) is 4.35. The summed E-state index contributed by atoms with van der Waals surface area (Å²) in [7, 11) is -2.48. The van der Waals surface area contributed by atoms with Gasteiger partial charge in [-0.1, -0.05) is 31.2 Å². The van der Waals surface area contributed by atoms with E-state index in [0.29, 0.717) is 12.3 Å². The number of primary sulfonamides is 1. The standard InChI is InChI=1S/C21H27N3O4S/c1-3-17(24-11-10-15-6-4-5-7-16(15)14-24)13-23-21(25)19-12-18(29(22,26)27)8-9-20(19)28-2/h4-9,12,17H,3,10-11,13-14H2,1-2H3,(H,23,25)(H2,22,26,27). The van der Waals surface area contributed by atoms with Crippen LogP contribution < -0.4 is 15.2 Å². The van der Waals surface area contributed by atoms with Crippen molar-refractivity contribution in [3.63, 3.8) is 0 Å². The molecule has 0 spiro atoms. The fraction of sp³-hybridized carbons (Fsp3) is 0.381. The number of rotatable bonds is 7. The molecule has 1 unspecified atom stereocenters. The van der Waals surface area contributed by atoms with Gasteiger partial charge in [0.15, 0.2) is 0 Å². The molecule has 29 heavy (non-hydrogen) atoms. The van der Waals surface area contributed by atoms with Gasteiger partial charge in [0.05, 0.1) is 17.6 Å². The molecular formula is C21H27N3O4S. The molecule has 0 saturated heterocycles. The molecule has 1 heterocycles. The number of fused-ring (bicyclic) bond motifs is 1. The lowest BCUT2D eigenvalue weighted by atomic mass is 9.98. The lowest BCUT2D eigenvalue weighted by Crippen LogP contribution is -2.45. The van der Waals surface area contributed by atoms with E-state index in [9.17, 15) is 13.2 Å². The molecule has 7 nitrogen and oxygen atoms in total. The van der Waals surface area contributed by atoms with E-state index in [2.05, 4.69) is 41.4 Å². The van der Waals surface area contributed by atoms with Crippen molar-refractivity contribution in [3.05, 3.63) is 59.2 Å². The van der Waals surface area contributed by atoms with Gasteiger partial charge in [-0.05, 0) is 42.2 Å². The highest BCUT2D eigenvalue weighted by Gasteiger charge is 2.24. The SMILES string of the molecule is CCC(CNC(=O)c1cc(S(N)(=O)=O)ccc1OC)N1CCc2ccccc2C1. The summed E-state index contributed by atoms with van der Waals surface area (Å²) in [5, 5.41) is 8.12. The third kappa shape index (κ3) is 4.95. The highest BCUT2D eigenvalue weighted by molar-refractivity contribution is 7.89. The lowest BCUT2D eigenvalue weighted by molar-refractivity contribution is 0.0923. The first kappa shape index (κ1) is 21.3. The summed E-state index contributed by atoms with van der Waals surface area (Å²) in [6.07, 6.45) is 1.88. The van der Waals surface area contributed by atoms with E-state index in [1.165, 1.54) is 36.4 Å². The molecule has 1 aliphatic heterocycles. The zero-order chi connectivity index (χ0) is 21.0. The maximum Gasteiger partial charge on any atom is 0.255 e. The largest absolute Gasteiger partial charge is 0.496 e. The molecule has 2 aromatic carbocycles. The maximum absolute atomic E-state index is 12.8. The molecule has 0 fully saturated rings. The fourth-order valence-corrected chi connectivity index (χ4v) is 4.25. The zero-order valence-electron chi connectivity index (χ0n) is 16.7. The number of hydrogen-bond donors (Lipinski definition) is 2. The molecular weight excluding hydrogens is 390 g/mol. The Kier molecular flexibility index (Phi) is 6.56. The first-order valence-electron chi connectivity index (χ1n) is 9.63. The normalized spacial score (nSPS) is 15.4. The number of nitrogens with one attached hydrogen (secondary N) is 1. The third-order valence-electron chi connectivity index (χ3n) is 5.39. The predicted molar refractivity (Wildman–Crippen MR) is 111 cm³/mol. The van der Waals surface area contributed by atoms with Crippen LogP contribution in [-0.4, -0.2) is 45.5 Å². The molecule has 0 aliphatic carbocycles. The van der Waals surface area contributed by atoms with Gasteiger partial charge in [0.2, 0.25) is 10.0 Å². The summed E-state index contributed by atoms with van der Waals surface area (Å²) in [6, 6.07) is 12.6. The van der Waals surface area contributed by atoms with E-state index in [1.807, 2.05) is 0 Å². The average Bonchev–Trinajstić information content (AvgIpc) is 2.72. The number of hydrogen-bond acceptors (Lipinski definition) is 5. The molecule has 0 aromatic heterocycles. The van der Waals surface area contributed by atoms with Crippen molar-refractivity contribution >= 4 is 15.9 Å². The Morgan fingerprint density at radius 1 is 1.24 bits per heavy atom. The van der Waals surface area contributed by atoms with E-state index in [4.69, 9.17) is 9.88 Å². The Hall–Kier alpha value is -2.42. The van der Waals surface area contributed by atoms with Crippen LogP contribution in [0.25, 0.3) is 0 Å². The monoisotopic (exact) mass is 417 g/mol. The number of carbonyl (C=O) groups is 1. The molecule has 0 radical (unpaired) electrons. The number of sulfonamides is 1. The highest BCUT2D eigenvalue weighted by atomic mass is 32.2. The van der Waals surface area contributed by atoms with Crippen LogP contribution in [0, 0.1) is 0 Å². The molecule has 1 atom stereocenters. The van der Waals surface area contributed by atoms with Crippen LogP contribution in [0.2, 0.25) is 0 Å². The predicted octanol–water partition coefficient (Wildman–Crippen LogP) is 1.91. The van der Waals surface area contributed by atoms with E-state index in [0.717, 1.165) is 25.9 Å². The van der Waals surface area contributed by atoms with Gasteiger partial charge in [0.1, 0.15) is 5.75 Å². The average molecular weight is 418 g/mol. The quantitative estimate of drug-likeness (QED) is 0.717. The van der Waals surface area contributed by atoms with Crippen molar-refractivity contribution in [2.45, 2.75) is 37.2 Å². The van der Waals surface area contributed by atoms with E-state index < -0.39 is 10.0 Å². The minimum atomic E-state index is -3.91. The Morgan fingerprint density at radius 3 is 2.62 bits per heavy atom. The second-order valence-corrected chi connectivity index (χ2v) is 8.73. The molecule has 8 heteroatoms. The van der Waals surface area contributed by atoms with E-state index in [-0.39, 0.29) is 22.4 Å². The van der Waals surface area contributed by atoms with Crippen LogP contribution in [-0.2, 0) is 23.0 Å². The molecule has 3 N–H and O–H groups in total. The van der Waals surface area contributed by atoms with Crippen molar-refractivity contribution in [2.24, 2.45) is 5.14 Å². The zero-order valence-corrected chi connectivity index (χ0v) is 17.5. The van der Waals surface area contributed by atoms with Gasteiger partial charge in [0.25, 0.3) is 5.91 Å². The topological polar surface area (TPSA) is 102 Å². The molecule has 3 rings (SSSR count). The van der Waals surface area contributed by atoms with Crippen molar-refractivity contribution in [2.75, 3.05) is 20.2 Å². The number of methoxy groups -OCH3 is 1. The van der Waals surface area contributed by atoms with Gasteiger partial charge in [-0.2, -0.15) is 0 Å². The summed E-state index contributed by atoms with van der Waals surface area (Å²) in [5.41, 5.74) is 2.86. The summed E-state index contributed by atoms with van der Waals surface area (Å²) >= 11 is 0. The van der Waals surface area contributed by atoms with Gasteiger partial charge >= 0.3 is 0 Å². The minimum absolute atomic E-state index is 0.122. The smallest absolute Gasteiger partial charge is 0.255 e. The van der Waals surface area contributed by atoms with E-state index >= 15 is 0 Å². The molecule has 2 aromatic rings. The summed E-state index contributed by atoms with van der Waals surface area (Å²) in [5.74, 6) is -0.0851. The van der Waals surface area contributed by atoms with Crippen LogP contribution >= 0.6 is 0 Å².